The second-order valence-electron chi connectivity index (χ2n) is 9.66. The minimum atomic E-state index is -0.740. The molecule has 2 rings (SSSR count). The van der Waals surface area contributed by atoms with Crippen LogP contribution in [0.3, 0.4) is 0 Å². The average molecular weight is 554 g/mol. The van der Waals surface area contributed by atoms with Crippen LogP contribution in [0.4, 0.5) is 0 Å². The van der Waals surface area contributed by atoms with E-state index in [2.05, 4.69) is 41.5 Å². The van der Waals surface area contributed by atoms with Gasteiger partial charge in [-0.3, -0.25) is 0 Å². The third kappa shape index (κ3) is 13.1. The second-order valence-corrected chi connectivity index (χ2v) is 17.5. The molecular formula is C20H42Cl2O2P2Pd. The molecule has 0 radical (unpaired) electrons. The van der Waals surface area contributed by atoms with Gasteiger partial charge in [-0.05, 0) is 25.7 Å². The maximum atomic E-state index is 10.1. The zero-order valence-electron chi connectivity index (χ0n) is 18.1. The summed E-state index contributed by atoms with van der Waals surface area (Å²) in [4.78, 5) is 20.2. The van der Waals surface area contributed by atoms with E-state index < -0.39 is 16.3 Å². The van der Waals surface area contributed by atoms with Crippen LogP contribution in [-0.2, 0) is 15.9 Å². The van der Waals surface area contributed by atoms with Gasteiger partial charge in [0, 0.05) is 37.9 Å². The molecule has 2 atom stereocenters. The van der Waals surface area contributed by atoms with Gasteiger partial charge in [0.2, 0.25) is 0 Å². The van der Waals surface area contributed by atoms with Gasteiger partial charge in [0.05, 0.1) is 0 Å². The molecule has 0 amide bonds. The quantitative estimate of drug-likeness (QED) is 0.266. The zero-order valence-corrected chi connectivity index (χ0v) is 22.9. The molecule has 0 bridgehead atoms. The fourth-order valence-corrected chi connectivity index (χ4v) is 7.65. The molecule has 0 heterocycles. The number of halogens is 2. The van der Waals surface area contributed by atoms with E-state index in [4.69, 9.17) is 19.1 Å². The second kappa shape index (κ2) is 14.9. The van der Waals surface area contributed by atoms with E-state index in [0.29, 0.717) is 11.3 Å². The van der Waals surface area contributed by atoms with Gasteiger partial charge < -0.3 is 9.79 Å². The van der Waals surface area contributed by atoms with Gasteiger partial charge in [-0.15, -0.1) is 0 Å². The Balaban J connectivity index is 0.000000438. The zero-order chi connectivity index (χ0) is 21.1. The summed E-state index contributed by atoms with van der Waals surface area (Å²) in [6.07, 6.45) is 13.1. The Morgan fingerprint density at radius 2 is 0.852 bits per heavy atom. The molecule has 0 aromatic carbocycles. The molecule has 2 nitrogen and oxygen atoms in total. The molecule has 2 fully saturated rings. The van der Waals surface area contributed by atoms with Crippen LogP contribution in [0.1, 0.15) is 106 Å². The summed E-state index contributed by atoms with van der Waals surface area (Å²) in [6, 6.07) is 0. The van der Waals surface area contributed by atoms with E-state index in [9.17, 15) is 9.79 Å². The van der Waals surface area contributed by atoms with E-state index in [-0.39, 0.29) is 26.3 Å². The van der Waals surface area contributed by atoms with Gasteiger partial charge in [-0.1, -0.05) is 80.1 Å². The first kappa shape index (κ1) is 29.0. The summed E-state index contributed by atoms with van der Waals surface area (Å²) in [5, 5.41) is 0.272. The Morgan fingerprint density at radius 1 is 0.630 bits per heavy atom. The van der Waals surface area contributed by atoms with Crippen molar-refractivity contribution in [3.05, 3.63) is 0 Å². The first-order valence-corrected chi connectivity index (χ1v) is 17.0. The van der Waals surface area contributed by atoms with Crippen molar-refractivity contribution in [2.45, 2.75) is 127 Å². The predicted molar refractivity (Wildman–Crippen MR) is 123 cm³/mol. The van der Waals surface area contributed by atoms with E-state index in [1.165, 1.54) is 64.2 Å². The predicted octanol–water partition coefficient (Wildman–Crippen LogP) is 8.39. The Labute approximate surface area is 187 Å². The van der Waals surface area contributed by atoms with Crippen LogP contribution >= 0.6 is 35.4 Å². The average Bonchev–Trinajstić information content (AvgIpc) is 2.61. The molecule has 168 valence electrons. The number of rotatable bonds is 2. The fraction of sp³-hybridized carbons (Fsp3) is 1.00. The molecule has 0 aromatic rings. The molecule has 7 heteroatoms. The molecule has 2 saturated carbocycles. The Bertz CT molecular complexity index is 330. The van der Waals surface area contributed by atoms with Gasteiger partial charge in [-0.25, -0.2) is 0 Å². The number of hydrogen-bond donors (Lipinski definition) is 2. The normalized spacial score (nSPS) is 22.1. The molecule has 0 aromatic heterocycles. The van der Waals surface area contributed by atoms with E-state index >= 15 is 0 Å². The van der Waals surface area contributed by atoms with Crippen LogP contribution in [0.15, 0.2) is 0 Å². The van der Waals surface area contributed by atoms with Crippen molar-refractivity contribution in [2.75, 3.05) is 0 Å². The van der Waals surface area contributed by atoms with E-state index in [1.807, 2.05) is 0 Å². The summed E-state index contributed by atoms with van der Waals surface area (Å²) in [7, 11) is 8.15. The van der Waals surface area contributed by atoms with Gasteiger partial charge >= 0.3 is 35.0 Å². The van der Waals surface area contributed by atoms with Gasteiger partial charge in [0.25, 0.3) is 0 Å². The van der Waals surface area contributed by atoms with Crippen molar-refractivity contribution in [3.63, 3.8) is 0 Å². The van der Waals surface area contributed by atoms with Crippen molar-refractivity contribution in [2.24, 2.45) is 0 Å². The van der Waals surface area contributed by atoms with Crippen LogP contribution in [0.25, 0.3) is 0 Å². The van der Waals surface area contributed by atoms with Crippen molar-refractivity contribution in [3.8, 4) is 0 Å². The molecule has 2 unspecified atom stereocenters. The third-order valence-electron chi connectivity index (χ3n) is 5.22. The van der Waals surface area contributed by atoms with Crippen LogP contribution in [0.2, 0.25) is 0 Å². The molecule has 2 aliphatic rings. The SMILES string of the molecule is CC(C)(C)P(O)C1CCCCC1.CC(C)(C)P(O)C1CCCCC1.[Cl][Pd][Cl]. The summed E-state index contributed by atoms with van der Waals surface area (Å²) in [5.74, 6) is 0. The Hall–Kier alpha value is 2.02. The minimum absolute atomic E-state index is 0.106. The molecule has 0 aliphatic heterocycles. The van der Waals surface area contributed by atoms with Crippen LogP contribution < -0.4 is 0 Å². The van der Waals surface area contributed by atoms with Crippen molar-refractivity contribution in [1.29, 1.82) is 0 Å². The molecule has 27 heavy (non-hydrogen) atoms. The fourth-order valence-electron chi connectivity index (χ4n) is 3.75. The van der Waals surface area contributed by atoms with Crippen molar-refractivity contribution < 1.29 is 25.7 Å². The molecule has 2 N–H and O–H groups in total. The molecule has 0 saturated heterocycles. The standard InChI is InChI=1S/2C10H21OP.2ClH.Pd/c2*1-10(2,3)12(11)9-7-5-4-6-8-9;;;/h2*9,11H,4-8H2,1-3H3;2*1H;/q;;;;+2/p-2. The summed E-state index contributed by atoms with van der Waals surface area (Å²) in [5.41, 5.74) is 1.27. The maximum absolute atomic E-state index is 10.1. The van der Waals surface area contributed by atoms with Gasteiger partial charge in [-0.2, -0.15) is 0 Å². The summed E-state index contributed by atoms with van der Waals surface area (Å²) >= 11 is -0.106. The topological polar surface area (TPSA) is 40.5 Å². The molecule has 0 spiro atoms. The third-order valence-corrected chi connectivity index (χ3v) is 10.4. The van der Waals surface area contributed by atoms with E-state index in [1.54, 1.807) is 0 Å². The Morgan fingerprint density at radius 3 is 1.04 bits per heavy atom. The number of hydrogen-bond acceptors (Lipinski definition) is 2. The van der Waals surface area contributed by atoms with Crippen LogP contribution in [0.5, 0.6) is 0 Å². The van der Waals surface area contributed by atoms with Crippen molar-refractivity contribution in [1.82, 2.24) is 0 Å². The van der Waals surface area contributed by atoms with E-state index in [0.717, 1.165) is 0 Å². The first-order valence-electron chi connectivity index (χ1n) is 10.2. The van der Waals surface area contributed by atoms with Crippen molar-refractivity contribution >= 4 is 35.4 Å². The molecule has 2 aliphatic carbocycles. The van der Waals surface area contributed by atoms with Crippen LogP contribution in [0, 0.1) is 0 Å². The van der Waals surface area contributed by atoms with Gasteiger partial charge in [0.1, 0.15) is 0 Å². The Kier molecular flexibility index (Phi) is 16.0. The first-order chi connectivity index (χ1) is 12.4. The summed E-state index contributed by atoms with van der Waals surface area (Å²) in [6.45, 7) is 13.0. The van der Waals surface area contributed by atoms with Crippen LogP contribution in [-0.4, -0.2) is 31.4 Å². The van der Waals surface area contributed by atoms with Gasteiger partial charge in [0.15, 0.2) is 0 Å². The monoisotopic (exact) mass is 552 g/mol. The summed E-state index contributed by atoms with van der Waals surface area (Å²) < 4.78 is 0. The molecular weight excluding hydrogens is 511 g/mol.